The van der Waals surface area contributed by atoms with Crippen molar-refractivity contribution in [2.75, 3.05) is 0 Å². The highest BCUT2D eigenvalue weighted by atomic mass is 16.6. The number of carbonyl (C=O) groups is 2. The van der Waals surface area contributed by atoms with E-state index in [9.17, 15) is 9.59 Å². The van der Waals surface area contributed by atoms with Crippen LogP contribution < -0.4 is 0 Å². The van der Waals surface area contributed by atoms with Gasteiger partial charge in [0.05, 0.1) is 0 Å². The van der Waals surface area contributed by atoms with Crippen LogP contribution in [0.25, 0.3) is 0 Å². The van der Waals surface area contributed by atoms with E-state index in [0.29, 0.717) is 6.54 Å². The average Bonchev–Trinajstić information content (AvgIpc) is 2.55. The third kappa shape index (κ3) is 3.11. The second kappa shape index (κ2) is 6.24. The van der Waals surface area contributed by atoms with E-state index < -0.39 is 12.1 Å². The number of β-lactam (4-membered cyclic amide) rings is 1. The Balaban J connectivity index is 1.86. The lowest BCUT2D eigenvalue weighted by Gasteiger charge is -2.46. The number of hydrogen-bond donors (Lipinski definition) is 0. The van der Waals surface area contributed by atoms with Gasteiger partial charge in [-0.15, -0.1) is 0 Å². The van der Waals surface area contributed by atoms with Crippen LogP contribution >= 0.6 is 0 Å². The number of ether oxygens (including phenoxy) is 1. The third-order valence-corrected chi connectivity index (χ3v) is 4.06. The zero-order valence-electron chi connectivity index (χ0n) is 13.2. The molecule has 23 heavy (non-hydrogen) atoms. The first-order valence-corrected chi connectivity index (χ1v) is 7.64. The summed E-state index contributed by atoms with van der Waals surface area (Å²) in [5, 5.41) is 0. The van der Waals surface area contributed by atoms with Gasteiger partial charge in [0.1, 0.15) is 6.04 Å². The van der Waals surface area contributed by atoms with E-state index in [2.05, 4.69) is 0 Å². The summed E-state index contributed by atoms with van der Waals surface area (Å²) in [5.74, 6) is -0.575. The molecule has 0 N–H and O–H groups in total. The molecule has 0 radical (unpaired) electrons. The molecule has 0 aliphatic carbocycles. The molecule has 1 saturated heterocycles. The van der Waals surface area contributed by atoms with Crippen molar-refractivity contribution in [2.24, 2.45) is 0 Å². The SMILES string of the molecule is CC(=O)O[C@H]1C(=O)N(Cc2ccccc2)[C@H]1c1ccc(C)cc1. The third-order valence-electron chi connectivity index (χ3n) is 4.06. The highest BCUT2D eigenvalue weighted by molar-refractivity contribution is 5.90. The Hall–Kier alpha value is -2.62. The highest BCUT2D eigenvalue weighted by Crippen LogP contribution is 2.38. The molecule has 0 bridgehead atoms. The van der Waals surface area contributed by atoms with Gasteiger partial charge in [0.2, 0.25) is 6.10 Å². The van der Waals surface area contributed by atoms with Crippen molar-refractivity contribution in [3.63, 3.8) is 0 Å². The zero-order valence-corrected chi connectivity index (χ0v) is 13.2. The van der Waals surface area contributed by atoms with E-state index >= 15 is 0 Å². The molecule has 1 aliphatic rings. The van der Waals surface area contributed by atoms with Crippen molar-refractivity contribution >= 4 is 11.9 Å². The minimum atomic E-state index is -0.723. The quantitative estimate of drug-likeness (QED) is 0.644. The molecule has 0 aromatic heterocycles. The van der Waals surface area contributed by atoms with Gasteiger partial charge >= 0.3 is 5.97 Å². The molecule has 0 unspecified atom stereocenters. The Kier molecular flexibility index (Phi) is 4.15. The van der Waals surface area contributed by atoms with Crippen LogP contribution in [0.1, 0.15) is 29.7 Å². The molecule has 4 nitrogen and oxygen atoms in total. The van der Waals surface area contributed by atoms with E-state index in [1.54, 1.807) is 4.90 Å². The summed E-state index contributed by atoms with van der Waals surface area (Å²) >= 11 is 0. The van der Waals surface area contributed by atoms with Gasteiger partial charge in [0.15, 0.2) is 0 Å². The summed E-state index contributed by atoms with van der Waals surface area (Å²) in [6.07, 6.45) is -0.723. The number of amides is 1. The van der Waals surface area contributed by atoms with E-state index in [4.69, 9.17) is 4.74 Å². The number of hydrogen-bond acceptors (Lipinski definition) is 3. The van der Waals surface area contributed by atoms with Gasteiger partial charge < -0.3 is 9.64 Å². The molecule has 1 heterocycles. The molecule has 4 heteroatoms. The Morgan fingerprint density at radius 2 is 1.74 bits per heavy atom. The normalized spacial score (nSPS) is 20.1. The second-order valence-electron chi connectivity index (χ2n) is 5.84. The van der Waals surface area contributed by atoms with Crippen molar-refractivity contribution < 1.29 is 14.3 Å². The van der Waals surface area contributed by atoms with Gasteiger partial charge in [-0.3, -0.25) is 9.59 Å². The second-order valence-corrected chi connectivity index (χ2v) is 5.84. The van der Waals surface area contributed by atoms with Crippen LogP contribution in [0.15, 0.2) is 54.6 Å². The van der Waals surface area contributed by atoms with E-state index in [1.165, 1.54) is 6.92 Å². The number of carbonyl (C=O) groups excluding carboxylic acids is 2. The molecule has 0 spiro atoms. The van der Waals surface area contributed by atoms with E-state index in [-0.39, 0.29) is 11.9 Å². The van der Waals surface area contributed by atoms with Gasteiger partial charge in [-0.1, -0.05) is 60.2 Å². The first kappa shape index (κ1) is 15.3. The summed E-state index contributed by atoms with van der Waals surface area (Å²) in [4.78, 5) is 25.5. The van der Waals surface area contributed by atoms with Crippen LogP contribution in [0.5, 0.6) is 0 Å². The average molecular weight is 309 g/mol. The fourth-order valence-electron chi connectivity index (χ4n) is 2.89. The fraction of sp³-hybridized carbons (Fsp3) is 0.263. The maximum atomic E-state index is 12.4. The number of aryl methyl sites for hydroxylation is 1. The molecule has 3 rings (SSSR count). The minimum absolute atomic E-state index is 0.144. The molecule has 2 aromatic carbocycles. The van der Waals surface area contributed by atoms with Crippen LogP contribution in [0, 0.1) is 6.92 Å². The molecule has 2 aromatic rings. The van der Waals surface area contributed by atoms with Gasteiger partial charge in [-0.25, -0.2) is 0 Å². The Labute approximate surface area is 135 Å². The number of likely N-dealkylation sites (tertiary alicyclic amines) is 1. The van der Waals surface area contributed by atoms with Gasteiger partial charge in [-0.2, -0.15) is 0 Å². The summed E-state index contributed by atoms with van der Waals surface area (Å²) < 4.78 is 5.23. The van der Waals surface area contributed by atoms with Crippen LogP contribution in [-0.4, -0.2) is 22.9 Å². The standard InChI is InChI=1S/C19H19NO3/c1-13-8-10-16(11-9-13)17-18(23-14(2)21)19(22)20(17)12-15-6-4-3-5-7-15/h3-11,17-18H,12H2,1-2H3/t17-,18+/m0/s1. The molecule has 2 atom stereocenters. The molecule has 1 aliphatic heterocycles. The van der Waals surface area contributed by atoms with Gasteiger partial charge in [0.25, 0.3) is 5.91 Å². The maximum absolute atomic E-state index is 12.4. The Morgan fingerprint density at radius 3 is 2.35 bits per heavy atom. The van der Waals surface area contributed by atoms with Crippen LogP contribution in [-0.2, 0) is 20.9 Å². The Bertz CT molecular complexity index is 709. The summed E-state index contributed by atoms with van der Waals surface area (Å²) in [6, 6.07) is 17.6. The van der Waals surface area contributed by atoms with Crippen molar-refractivity contribution in [1.82, 2.24) is 4.90 Å². The van der Waals surface area contributed by atoms with Crippen LogP contribution in [0.3, 0.4) is 0 Å². The molecular weight excluding hydrogens is 290 g/mol. The summed E-state index contributed by atoms with van der Waals surface area (Å²) in [7, 11) is 0. The molecule has 118 valence electrons. The maximum Gasteiger partial charge on any atom is 0.303 e. The largest absolute Gasteiger partial charge is 0.450 e. The van der Waals surface area contributed by atoms with Crippen LogP contribution in [0.4, 0.5) is 0 Å². The first-order chi connectivity index (χ1) is 11.1. The first-order valence-electron chi connectivity index (χ1n) is 7.64. The lowest BCUT2D eigenvalue weighted by molar-refractivity contribution is -0.183. The monoisotopic (exact) mass is 309 g/mol. The number of esters is 1. The molecule has 0 saturated carbocycles. The predicted molar refractivity (Wildman–Crippen MR) is 86.5 cm³/mol. The van der Waals surface area contributed by atoms with Crippen LogP contribution in [0.2, 0.25) is 0 Å². The highest BCUT2D eigenvalue weighted by Gasteiger charge is 2.50. The topological polar surface area (TPSA) is 46.6 Å². The fourth-order valence-corrected chi connectivity index (χ4v) is 2.89. The summed E-state index contributed by atoms with van der Waals surface area (Å²) in [6.45, 7) is 3.86. The van der Waals surface area contributed by atoms with Crippen molar-refractivity contribution in [1.29, 1.82) is 0 Å². The number of rotatable bonds is 4. The number of benzene rings is 2. The van der Waals surface area contributed by atoms with Crippen molar-refractivity contribution in [3.8, 4) is 0 Å². The van der Waals surface area contributed by atoms with E-state index in [1.807, 2.05) is 61.5 Å². The molecule has 1 amide bonds. The van der Waals surface area contributed by atoms with Gasteiger partial charge in [-0.05, 0) is 18.1 Å². The number of nitrogens with zero attached hydrogens (tertiary/aromatic N) is 1. The zero-order chi connectivity index (χ0) is 16.4. The Morgan fingerprint density at radius 1 is 1.09 bits per heavy atom. The smallest absolute Gasteiger partial charge is 0.303 e. The molecular formula is C19H19NO3. The summed E-state index contributed by atoms with van der Waals surface area (Å²) in [5.41, 5.74) is 3.19. The molecule has 1 fully saturated rings. The van der Waals surface area contributed by atoms with Gasteiger partial charge in [0, 0.05) is 13.5 Å². The lowest BCUT2D eigenvalue weighted by atomic mass is 9.89. The van der Waals surface area contributed by atoms with Crippen molar-refractivity contribution in [2.45, 2.75) is 32.5 Å². The lowest BCUT2D eigenvalue weighted by Crippen LogP contribution is -2.59. The predicted octanol–water partition coefficient (Wildman–Crippen LogP) is 3.01. The minimum Gasteiger partial charge on any atom is -0.450 e. The van der Waals surface area contributed by atoms with Crippen molar-refractivity contribution in [3.05, 3.63) is 71.3 Å². The van der Waals surface area contributed by atoms with E-state index in [0.717, 1.165) is 16.7 Å².